The highest BCUT2D eigenvalue weighted by molar-refractivity contribution is 5.90. The molecule has 2 aromatic rings. The number of esters is 1. The molecule has 0 aliphatic heterocycles. The van der Waals surface area contributed by atoms with Crippen LogP contribution in [0.1, 0.15) is 23.0 Å². The maximum atomic E-state index is 12.0. The highest BCUT2D eigenvalue weighted by Gasteiger charge is 2.18. The van der Waals surface area contributed by atoms with Crippen molar-refractivity contribution in [1.29, 1.82) is 0 Å². The van der Waals surface area contributed by atoms with Crippen molar-refractivity contribution in [3.05, 3.63) is 46.2 Å². The van der Waals surface area contributed by atoms with Gasteiger partial charge in [-0.1, -0.05) is 5.11 Å². The van der Waals surface area contributed by atoms with Crippen LogP contribution in [-0.4, -0.2) is 33.5 Å². The van der Waals surface area contributed by atoms with Crippen LogP contribution in [0.4, 0.5) is 0 Å². The molecule has 0 saturated carbocycles. The molecule has 0 aliphatic rings. The van der Waals surface area contributed by atoms with Crippen LogP contribution in [0.25, 0.3) is 16.3 Å². The third-order valence-corrected chi connectivity index (χ3v) is 2.92. The molecule has 0 bridgehead atoms. The molecule has 110 valence electrons. The molecule has 2 heterocycles. The molecule has 21 heavy (non-hydrogen) atoms. The number of aryl methyl sites for hydroxylation is 1. The number of nitrogens with zero attached hydrogens (tertiary/aromatic N) is 6. The Hall–Kier alpha value is -2.73. The summed E-state index contributed by atoms with van der Waals surface area (Å²) in [5.41, 5.74) is 9.55. The lowest BCUT2D eigenvalue weighted by molar-refractivity contribution is 0.0516. The zero-order chi connectivity index (χ0) is 15.2. The van der Waals surface area contributed by atoms with E-state index < -0.39 is 0 Å². The zero-order valence-corrected chi connectivity index (χ0v) is 11.9. The summed E-state index contributed by atoms with van der Waals surface area (Å²) in [5, 5.41) is 7.82. The molecule has 0 spiro atoms. The van der Waals surface area contributed by atoms with Crippen LogP contribution in [0.15, 0.2) is 29.6 Å². The molecule has 0 N–H and O–H groups in total. The molecule has 2 rings (SSSR count). The van der Waals surface area contributed by atoms with Gasteiger partial charge in [0.15, 0.2) is 5.82 Å². The molecule has 0 fully saturated rings. The second-order valence-electron chi connectivity index (χ2n) is 4.33. The Bertz CT molecular complexity index is 681. The predicted octanol–water partition coefficient (Wildman–Crippen LogP) is 2.47. The quantitative estimate of drug-likeness (QED) is 0.353. The van der Waals surface area contributed by atoms with E-state index in [1.807, 2.05) is 13.0 Å². The number of azide groups is 1. The molecule has 8 heteroatoms. The Balaban J connectivity index is 2.26. The first-order chi connectivity index (χ1) is 10.2. The van der Waals surface area contributed by atoms with Crippen LogP contribution in [0.3, 0.4) is 0 Å². The summed E-state index contributed by atoms with van der Waals surface area (Å²) in [6.07, 6.45) is 3.55. The number of hydrogen-bond acceptors (Lipinski definition) is 4. The van der Waals surface area contributed by atoms with E-state index in [-0.39, 0.29) is 5.97 Å². The van der Waals surface area contributed by atoms with Gasteiger partial charge in [-0.15, -0.1) is 0 Å². The highest BCUT2D eigenvalue weighted by atomic mass is 16.5. The van der Waals surface area contributed by atoms with E-state index in [0.717, 1.165) is 5.56 Å². The first-order valence-corrected chi connectivity index (χ1v) is 6.57. The standard InChI is InChI=1S/C13H16N6O2/c1-3-21-13(20)12-10(2)4-8-19(12)11-5-7-18(16-11)9-6-15-17-14/h4-5,7-8H,3,6,9H2,1-2H3. The van der Waals surface area contributed by atoms with Gasteiger partial charge < -0.3 is 4.74 Å². The number of rotatable bonds is 6. The molecule has 0 aromatic carbocycles. The Morgan fingerprint density at radius 2 is 2.29 bits per heavy atom. The summed E-state index contributed by atoms with van der Waals surface area (Å²) >= 11 is 0. The van der Waals surface area contributed by atoms with Gasteiger partial charge >= 0.3 is 5.97 Å². The van der Waals surface area contributed by atoms with Crippen LogP contribution >= 0.6 is 0 Å². The Labute approximate surface area is 121 Å². The van der Waals surface area contributed by atoms with Gasteiger partial charge in [0.1, 0.15) is 5.69 Å². The van der Waals surface area contributed by atoms with Crippen LogP contribution in [0.2, 0.25) is 0 Å². The number of hydrogen-bond donors (Lipinski definition) is 0. The first kappa shape index (κ1) is 14.7. The van der Waals surface area contributed by atoms with E-state index in [2.05, 4.69) is 15.1 Å². The SMILES string of the molecule is CCOC(=O)c1c(C)ccn1-c1ccn(CCN=[N+]=[N-])n1. The van der Waals surface area contributed by atoms with Crippen LogP contribution in [0, 0.1) is 6.92 Å². The molecular weight excluding hydrogens is 272 g/mol. The normalized spacial score (nSPS) is 10.2. The Morgan fingerprint density at radius 3 is 3.00 bits per heavy atom. The first-order valence-electron chi connectivity index (χ1n) is 6.57. The zero-order valence-electron chi connectivity index (χ0n) is 11.9. The van der Waals surface area contributed by atoms with Gasteiger partial charge in [-0.25, -0.2) is 4.79 Å². The van der Waals surface area contributed by atoms with Gasteiger partial charge in [-0.05, 0) is 31.0 Å². The van der Waals surface area contributed by atoms with E-state index in [9.17, 15) is 4.79 Å². The fourth-order valence-electron chi connectivity index (χ4n) is 1.98. The van der Waals surface area contributed by atoms with Crippen molar-refractivity contribution in [3.8, 4) is 5.82 Å². The van der Waals surface area contributed by atoms with Crippen molar-refractivity contribution >= 4 is 5.97 Å². The molecule has 8 nitrogen and oxygen atoms in total. The van der Waals surface area contributed by atoms with E-state index in [4.69, 9.17) is 10.3 Å². The fourth-order valence-corrected chi connectivity index (χ4v) is 1.98. The van der Waals surface area contributed by atoms with Gasteiger partial charge in [-0.2, -0.15) is 5.10 Å². The maximum absolute atomic E-state index is 12.0. The molecule has 0 atom stereocenters. The maximum Gasteiger partial charge on any atom is 0.355 e. The van der Waals surface area contributed by atoms with Gasteiger partial charge in [0.25, 0.3) is 0 Å². The van der Waals surface area contributed by atoms with Crippen molar-refractivity contribution < 1.29 is 9.53 Å². The molecule has 0 aliphatic carbocycles. The van der Waals surface area contributed by atoms with E-state index in [1.54, 1.807) is 34.6 Å². The van der Waals surface area contributed by atoms with Gasteiger partial charge in [0.2, 0.25) is 0 Å². The fraction of sp³-hybridized carbons (Fsp3) is 0.385. The van der Waals surface area contributed by atoms with E-state index in [1.165, 1.54) is 0 Å². The van der Waals surface area contributed by atoms with Crippen molar-refractivity contribution in [2.24, 2.45) is 5.11 Å². The van der Waals surface area contributed by atoms with Gasteiger partial charge in [0, 0.05) is 36.5 Å². The third-order valence-electron chi connectivity index (χ3n) is 2.92. The minimum Gasteiger partial charge on any atom is -0.461 e. The number of aromatic nitrogens is 3. The summed E-state index contributed by atoms with van der Waals surface area (Å²) in [6, 6.07) is 3.63. The number of ether oxygens (including phenoxy) is 1. The second-order valence-corrected chi connectivity index (χ2v) is 4.33. The topological polar surface area (TPSA) is 97.8 Å². The smallest absolute Gasteiger partial charge is 0.355 e. The van der Waals surface area contributed by atoms with E-state index >= 15 is 0 Å². The Morgan fingerprint density at radius 1 is 1.48 bits per heavy atom. The largest absolute Gasteiger partial charge is 0.461 e. The number of carbonyl (C=O) groups excluding carboxylic acids is 1. The van der Waals surface area contributed by atoms with Crippen LogP contribution < -0.4 is 0 Å². The van der Waals surface area contributed by atoms with Crippen LogP contribution in [-0.2, 0) is 11.3 Å². The Kier molecular flexibility index (Phi) is 4.63. The predicted molar refractivity (Wildman–Crippen MR) is 76.3 cm³/mol. The number of carbonyl (C=O) groups is 1. The third kappa shape index (κ3) is 3.24. The highest BCUT2D eigenvalue weighted by Crippen LogP contribution is 2.16. The lowest BCUT2D eigenvalue weighted by Crippen LogP contribution is -2.13. The molecule has 0 saturated heterocycles. The summed E-state index contributed by atoms with van der Waals surface area (Å²) < 4.78 is 8.42. The van der Waals surface area contributed by atoms with Crippen molar-refractivity contribution in [2.75, 3.05) is 13.2 Å². The van der Waals surface area contributed by atoms with Gasteiger partial charge in [-0.3, -0.25) is 9.25 Å². The molecule has 0 unspecified atom stereocenters. The molecule has 0 radical (unpaired) electrons. The van der Waals surface area contributed by atoms with Gasteiger partial charge in [0.05, 0.1) is 6.61 Å². The summed E-state index contributed by atoms with van der Waals surface area (Å²) in [4.78, 5) is 14.7. The van der Waals surface area contributed by atoms with Crippen molar-refractivity contribution in [2.45, 2.75) is 20.4 Å². The molecule has 0 amide bonds. The van der Waals surface area contributed by atoms with Crippen molar-refractivity contribution in [3.63, 3.8) is 0 Å². The lowest BCUT2D eigenvalue weighted by Gasteiger charge is -2.07. The van der Waals surface area contributed by atoms with Crippen LogP contribution in [0.5, 0.6) is 0 Å². The summed E-state index contributed by atoms with van der Waals surface area (Å²) in [5.74, 6) is 0.246. The molecule has 2 aromatic heterocycles. The summed E-state index contributed by atoms with van der Waals surface area (Å²) in [7, 11) is 0. The second kappa shape index (κ2) is 6.62. The minimum atomic E-state index is -0.372. The lowest BCUT2D eigenvalue weighted by atomic mass is 10.3. The van der Waals surface area contributed by atoms with Crippen molar-refractivity contribution in [1.82, 2.24) is 14.3 Å². The minimum absolute atomic E-state index is 0.323. The monoisotopic (exact) mass is 288 g/mol. The van der Waals surface area contributed by atoms with E-state index in [0.29, 0.717) is 31.2 Å². The average molecular weight is 288 g/mol. The average Bonchev–Trinajstić information content (AvgIpc) is 3.06. The summed E-state index contributed by atoms with van der Waals surface area (Å²) in [6.45, 7) is 4.75. The molecular formula is C13H16N6O2.